The van der Waals surface area contributed by atoms with Crippen molar-refractivity contribution in [1.29, 1.82) is 0 Å². The van der Waals surface area contributed by atoms with E-state index in [0.29, 0.717) is 13.1 Å². The number of aryl methyl sites for hydroxylation is 1. The Hall–Kier alpha value is -2.09. The number of rotatable bonds is 4. The van der Waals surface area contributed by atoms with Crippen LogP contribution in [0.4, 0.5) is 4.79 Å². The first-order chi connectivity index (χ1) is 13.0. The molecule has 0 bridgehead atoms. The monoisotopic (exact) mass is 376 g/mol. The third-order valence-electron chi connectivity index (χ3n) is 5.48. The number of likely N-dealkylation sites (N-methyl/N-ethyl adjacent to an activating group) is 1. The van der Waals surface area contributed by atoms with Crippen molar-refractivity contribution in [3.63, 3.8) is 0 Å². The molecule has 2 aliphatic heterocycles. The van der Waals surface area contributed by atoms with Gasteiger partial charge in [0.2, 0.25) is 5.91 Å². The Morgan fingerprint density at radius 3 is 2.78 bits per heavy atom. The summed E-state index contributed by atoms with van der Waals surface area (Å²) in [5.74, 6) is 0.101. The third-order valence-corrected chi connectivity index (χ3v) is 5.48. The van der Waals surface area contributed by atoms with E-state index in [2.05, 4.69) is 22.2 Å². The van der Waals surface area contributed by atoms with Crippen LogP contribution < -0.4 is 5.32 Å². The molecule has 3 amide bonds. The number of fused-ring (bicyclic) bond motifs is 1. The van der Waals surface area contributed by atoms with Crippen molar-refractivity contribution in [2.75, 3.05) is 33.7 Å². The fourth-order valence-electron chi connectivity index (χ4n) is 4.02. The van der Waals surface area contributed by atoms with E-state index in [9.17, 15) is 9.59 Å². The molecule has 3 rings (SSSR count). The van der Waals surface area contributed by atoms with E-state index < -0.39 is 0 Å². The van der Waals surface area contributed by atoms with Crippen molar-refractivity contribution < 1.29 is 9.59 Å². The van der Waals surface area contributed by atoms with Crippen molar-refractivity contribution in [3.05, 3.63) is 17.5 Å². The lowest BCUT2D eigenvalue weighted by molar-refractivity contribution is -0.127. The first-order valence-corrected chi connectivity index (χ1v) is 10.0. The van der Waals surface area contributed by atoms with E-state index in [0.717, 1.165) is 56.8 Å². The number of urea groups is 1. The molecule has 0 spiro atoms. The maximum absolute atomic E-state index is 12.6. The normalized spacial score (nSPS) is 20.7. The van der Waals surface area contributed by atoms with Crippen LogP contribution in [0.15, 0.2) is 6.07 Å². The summed E-state index contributed by atoms with van der Waals surface area (Å²) in [6, 6.07) is 2.02. The lowest BCUT2D eigenvalue weighted by atomic mass is 10.0. The summed E-state index contributed by atoms with van der Waals surface area (Å²) in [5.41, 5.74) is 1.89. The van der Waals surface area contributed by atoms with Crippen LogP contribution in [0.25, 0.3) is 0 Å². The number of hydrogen-bond donors (Lipinski definition) is 1. The Morgan fingerprint density at radius 1 is 1.22 bits per heavy atom. The lowest BCUT2D eigenvalue weighted by Crippen LogP contribution is -2.49. The lowest BCUT2D eigenvalue weighted by Gasteiger charge is -2.33. The van der Waals surface area contributed by atoms with Gasteiger partial charge < -0.3 is 15.1 Å². The van der Waals surface area contributed by atoms with Crippen molar-refractivity contribution in [3.8, 4) is 0 Å². The van der Waals surface area contributed by atoms with E-state index in [1.165, 1.54) is 6.42 Å². The van der Waals surface area contributed by atoms with Gasteiger partial charge in [0, 0.05) is 27.2 Å². The maximum Gasteiger partial charge on any atom is 0.319 e. The van der Waals surface area contributed by atoms with Gasteiger partial charge >= 0.3 is 6.03 Å². The molecule has 2 aliphatic rings. The number of hydrogen-bond acceptors (Lipinski definition) is 4. The van der Waals surface area contributed by atoms with Crippen LogP contribution in [-0.4, -0.2) is 76.2 Å². The summed E-state index contributed by atoms with van der Waals surface area (Å²) < 4.78 is 1.98. The average molecular weight is 377 g/mol. The van der Waals surface area contributed by atoms with Gasteiger partial charge in [0.25, 0.3) is 0 Å². The molecule has 1 atom stereocenters. The highest BCUT2D eigenvalue weighted by atomic mass is 16.2. The van der Waals surface area contributed by atoms with Gasteiger partial charge in [0.1, 0.15) is 0 Å². The number of amides is 3. The molecule has 3 heterocycles. The molecule has 0 unspecified atom stereocenters. The number of piperidine rings is 1. The Balaban J connectivity index is 1.60. The predicted octanol–water partition coefficient (Wildman–Crippen LogP) is 1.26. The van der Waals surface area contributed by atoms with Gasteiger partial charge in [-0.3, -0.25) is 14.4 Å². The molecule has 1 saturated heterocycles. The van der Waals surface area contributed by atoms with E-state index in [1.54, 1.807) is 19.0 Å². The predicted molar refractivity (Wildman–Crippen MR) is 103 cm³/mol. The van der Waals surface area contributed by atoms with Crippen LogP contribution >= 0.6 is 0 Å². The minimum absolute atomic E-state index is 0.0163. The molecule has 1 fully saturated rings. The molecule has 8 nitrogen and oxygen atoms in total. The zero-order valence-electron chi connectivity index (χ0n) is 16.8. The van der Waals surface area contributed by atoms with Gasteiger partial charge in [-0.1, -0.05) is 13.3 Å². The summed E-state index contributed by atoms with van der Waals surface area (Å²) in [6.07, 6.45) is 4.10. The zero-order valence-corrected chi connectivity index (χ0v) is 16.8. The van der Waals surface area contributed by atoms with Gasteiger partial charge in [-0.05, 0) is 38.4 Å². The highest BCUT2D eigenvalue weighted by Gasteiger charge is 2.27. The number of carbonyl (C=O) groups excluding carboxylic acids is 2. The smallest absolute Gasteiger partial charge is 0.319 e. The highest BCUT2D eigenvalue weighted by Crippen LogP contribution is 2.18. The van der Waals surface area contributed by atoms with E-state index in [1.807, 2.05) is 15.6 Å². The highest BCUT2D eigenvalue weighted by molar-refractivity contribution is 5.81. The standard InChI is InChI=1S/C19H32N6O2/c1-4-23-9-6-5-8-17(23)18(26)20-13-15-12-16-14-24(19(27)22(2)3)10-7-11-25(16)21-15/h12,17H,4-11,13-14H2,1-3H3,(H,20,26)/t17-/m1/s1. The largest absolute Gasteiger partial charge is 0.349 e. The molecule has 1 aromatic rings. The van der Waals surface area contributed by atoms with Crippen LogP contribution in [0.2, 0.25) is 0 Å². The number of likely N-dealkylation sites (tertiary alicyclic amines) is 1. The molecule has 27 heavy (non-hydrogen) atoms. The second kappa shape index (κ2) is 8.73. The topological polar surface area (TPSA) is 73.7 Å². The fraction of sp³-hybridized carbons (Fsp3) is 0.737. The molecule has 0 saturated carbocycles. The SMILES string of the molecule is CCN1CCCC[C@@H]1C(=O)NCc1cc2n(n1)CCCN(C(=O)N(C)C)C2. The van der Waals surface area contributed by atoms with Crippen molar-refractivity contribution >= 4 is 11.9 Å². The number of nitrogens with zero attached hydrogens (tertiary/aromatic N) is 5. The minimum atomic E-state index is -0.0163. The summed E-state index contributed by atoms with van der Waals surface area (Å²) >= 11 is 0. The van der Waals surface area contributed by atoms with Crippen molar-refractivity contribution in [2.24, 2.45) is 0 Å². The second-order valence-electron chi connectivity index (χ2n) is 7.66. The quantitative estimate of drug-likeness (QED) is 0.859. The van der Waals surface area contributed by atoms with Crippen molar-refractivity contribution in [1.82, 2.24) is 29.8 Å². The van der Waals surface area contributed by atoms with Crippen LogP contribution in [0, 0.1) is 0 Å². The van der Waals surface area contributed by atoms with Crippen LogP contribution in [0.5, 0.6) is 0 Å². The Bertz CT molecular complexity index is 671. The number of aromatic nitrogens is 2. The van der Waals surface area contributed by atoms with E-state index in [-0.39, 0.29) is 18.0 Å². The Labute approximate surface area is 161 Å². The summed E-state index contributed by atoms with van der Waals surface area (Å²) in [7, 11) is 3.55. The van der Waals surface area contributed by atoms with Gasteiger partial charge in [-0.15, -0.1) is 0 Å². The van der Waals surface area contributed by atoms with Crippen LogP contribution in [-0.2, 0) is 24.4 Å². The number of carbonyl (C=O) groups is 2. The summed E-state index contributed by atoms with van der Waals surface area (Å²) in [5, 5.41) is 7.71. The molecule has 1 N–H and O–H groups in total. The molecule has 0 radical (unpaired) electrons. The molecule has 1 aromatic heterocycles. The van der Waals surface area contributed by atoms with E-state index in [4.69, 9.17) is 0 Å². The summed E-state index contributed by atoms with van der Waals surface area (Å²) in [4.78, 5) is 30.6. The molecule has 0 aliphatic carbocycles. The maximum atomic E-state index is 12.6. The first kappa shape index (κ1) is 19.7. The van der Waals surface area contributed by atoms with Gasteiger partial charge in [0.15, 0.2) is 0 Å². The summed E-state index contributed by atoms with van der Waals surface area (Å²) in [6.45, 7) is 6.56. The van der Waals surface area contributed by atoms with Crippen molar-refractivity contribution in [2.45, 2.75) is 58.3 Å². The fourth-order valence-corrected chi connectivity index (χ4v) is 4.02. The molecular formula is C19H32N6O2. The molecule has 0 aromatic carbocycles. The Kier molecular flexibility index (Phi) is 6.36. The van der Waals surface area contributed by atoms with Crippen LogP contribution in [0.3, 0.4) is 0 Å². The van der Waals surface area contributed by atoms with Gasteiger partial charge in [-0.2, -0.15) is 5.10 Å². The minimum Gasteiger partial charge on any atom is -0.349 e. The van der Waals surface area contributed by atoms with E-state index >= 15 is 0 Å². The Morgan fingerprint density at radius 2 is 2.04 bits per heavy atom. The molecule has 150 valence electrons. The number of nitrogens with one attached hydrogen (secondary N) is 1. The van der Waals surface area contributed by atoms with Gasteiger partial charge in [-0.25, -0.2) is 4.79 Å². The van der Waals surface area contributed by atoms with Gasteiger partial charge in [0.05, 0.1) is 30.5 Å². The molecular weight excluding hydrogens is 344 g/mol. The molecule has 8 heteroatoms. The van der Waals surface area contributed by atoms with Crippen LogP contribution in [0.1, 0.15) is 44.0 Å². The second-order valence-corrected chi connectivity index (χ2v) is 7.66. The average Bonchev–Trinajstić information content (AvgIpc) is 2.95. The first-order valence-electron chi connectivity index (χ1n) is 10.0. The third kappa shape index (κ3) is 4.61. The zero-order chi connectivity index (χ0) is 19.4.